The minimum Gasteiger partial charge on any atom is -0.309 e. The highest BCUT2D eigenvalue weighted by Crippen LogP contribution is 2.44. The molecule has 1 nitrogen and oxygen atoms in total. The van der Waals surface area contributed by atoms with Gasteiger partial charge in [-0.25, -0.2) is 0 Å². The van der Waals surface area contributed by atoms with E-state index in [2.05, 4.69) is 181 Å². The molecule has 1 heteroatoms. The van der Waals surface area contributed by atoms with Crippen molar-refractivity contribution in [2.45, 2.75) is 13.3 Å². The third kappa shape index (κ3) is 4.26. The summed E-state index contributed by atoms with van der Waals surface area (Å²) in [5.74, 6) is 0. The Balaban J connectivity index is 1.21. The van der Waals surface area contributed by atoms with Crippen LogP contribution in [0.3, 0.4) is 0 Å². The normalized spacial score (nSPS) is 11.9. The van der Waals surface area contributed by atoms with Gasteiger partial charge in [-0.15, -0.1) is 0 Å². The third-order valence-corrected chi connectivity index (χ3v) is 10.5. The van der Waals surface area contributed by atoms with Gasteiger partial charge in [0.15, 0.2) is 0 Å². The molecule has 0 spiro atoms. The van der Waals surface area contributed by atoms with E-state index >= 15 is 0 Å². The molecule has 0 aliphatic heterocycles. The van der Waals surface area contributed by atoms with Crippen LogP contribution >= 0.6 is 0 Å². The molecule has 0 N–H and O–H groups in total. The molecule has 0 aliphatic carbocycles. The lowest BCUT2D eigenvalue weighted by molar-refractivity contribution is 1.14. The van der Waals surface area contributed by atoms with E-state index in [0.717, 1.165) is 6.42 Å². The predicted octanol–water partition coefficient (Wildman–Crippen LogP) is 13.3. The fourth-order valence-electron chi connectivity index (χ4n) is 8.21. The molecule has 10 rings (SSSR count). The van der Waals surface area contributed by atoms with Gasteiger partial charge in [0.1, 0.15) is 0 Å². The summed E-state index contributed by atoms with van der Waals surface area (Å²) in [6.45, 7) is 2.24. The number of nitrogens with zero attached hydrogens (tertiary/aromatic N) is 1. The first-order valence-electron chi connectivity index (χ1n) is 17.2. The number of hydrogen-bond donors (Lipinski definition) is 0. The summed E-state index contributed by atoms with van der Waals surface area (Å²) in [5.41, 5.74) is 10.1. The van der Waals surface area contributed by atoms with Crippen LogP contribution in [0.1, 0.15) is 12.5 Å². The van der Waals surface area contributed by atoms with Crippen molar-refractivity contribution in [1.82, 2.24) is 4.57 Å². The average Bonchev–Trinajstić information content (AvgIpc) is 3.50. The van der Waals surface area contributed by atoms with Crippen LogP contribution in [-0.2, 0) is 6.42 Å². The number of rotatable bonds is 4. The molecule has 0 radical (unpaired) electrons. The van der Waals surface area contributed by atoms with Crippen molar-refractivity contribution < 1.29 is 0 Å². The van der Waals surface area contributed by atoms with Crippen LogP contribution in [0.25, 0.3) is 92.8 Å². The fraction of sp³-hybridized carbons (Fsp3) is 0.0417. The lowest BCUT2D eigenvalue weighted by Crippen LogP contribution is -1.95. The molecule has 0 atom stereocenters. The van der Waals surface area contributed by atoms with Gasteiger partial charge in [-0.2, -0.15) is 0 Å². The second-order valence-corrected chi connectivity index (χ2v) is 13.2. The van der Waals surface area contributed by atoms with E-state index in [1.807, 2.05) is 0 Å². The number of aryl methyl sites for hydroxylation is 1. The molecule has 230 valence electrons. The number of fused-ring (bicyclic) bond motifs is 8. The topological polar surface area (TPSA) is 4.93 Å². The van der Waals surface area contributed by atoms with Crippen molar-refractivity contribution in [3.8, 4) is 27.9 Å². The van der Waals surface area contributed by atoms with Gasteiger partial charge in [-0.3, -0.25) is 0 Å². The standard InChI is InChI=1S/C48H33N/c1-2-31-20-26-44-43(28-31)48-42-30-35-15-7-6-14-34(35)29-36(42)23-27-45(48)49(44)37-24-21-33(22-25-37)47-40-18-10-8-16-38(40)46(32-12-4-3-5-13-32)39-17-9-11-19-41(39)47/h3-30H,2H2,1H3. The Morgan fingerprint density at radius 2 is 0.939 bits per heavy atom. The third-order valence-electron chi connectivity index (χ3n) is 10.5. The van der Waals surface area contributed by atoms with Crippen LogP contribution in [0, 0.1) is 0 Å². The first-order valence-corrected chi connectivity index (χ1v) is 17.2. The maximum atomic E-state index is 2.46. The van der Waals surface area contributed by atoms with Gasteiger partial charge in [-0.05, 0) is 120 Å². The van der Waals surface area contributed by atoms with Gasteiger partial charge in [0.25, 0.3) is 0 Å². The average molecular weight is 624 g/mol. The maximum absolute atomic E-state index is 2.46. The smallest absolute Gasteiger partial charge is 0.0547 e. The molecular formula is C48H33N. The molecular weight excluding hydrogens is 591 g/mol. The van der Waals surface area contributed by atoms with Crippen LogP contribution in [0.2, 0.25) is 0 Å². The second-order valence-electron chi connectivity index (χ2n) is 13.2. The zero-order chi connectivity index (χ0) is 32.5. The molecule has 0 aliphatic rings. The van der Waals surface area contributed by atoms with E-state index in [1.54, 1.807) is 0 Å². The monoisotopic (exact) mass is 623 g/mol. The first kappa shape index (κ1) is 27.9. The van der Waals surface area contributed by atoms with E-state index in [1.165, 1.54) is 98.4 Å². The zero-order valence-electron chi connectivity index (χ0n) is 27.3. The number of benzene rings is 9. The van der Waals surface area contributed by atoms with Gasteiger partial charge in [0.2, 0.25) is 0 Å². The molecule has 0 fully saturated rings. The number of hydrogen-bond acceptors (Lipinski definition) is 0. The lowest BCUT2D eigenvalue weighted by Gasteiger charge is -2.18. The van der Waals surface area contributed by atoms with Crippen LogP contribution < -0.4 is 0 Å². The van der Waals surface area contributed by atoms with Crippen LogP contribution in [0.5, 0.6) is 0 Å². The SMILES string of the molecule is CCc1ccc2c(c1)c1c3cc4ccccc4cc3ccc1n2-c1ccc(-c2c3ccccc3c(-c3ccccc3)c3ccccc23)cc1. The molecule has 9 aromatic carbocycles. The Bertz CT molecular complexity index is 2830. The minimum atomic E-state index is 1.01. The van der Waals surface area contributed by atoms with Gasteiger partial charge < -0.3 is 4.57 Å². The summed E-state index contributed by atoms with van der Waals surface area (Å²) < 4.78 is 2.46. The molecule has 0 bridgehead atoms. The molecule has 0 saturated carbocycles. The second kappa shape index (κ2) is 10.9. The lowest BCUT2D eigenvalue weighted by atomic mass is 9.86. The van der Waals surface area contributed by atoms with Crippen molar-refractivity contribution >= 4 is 64.9 Å². The molecule has 0 amide bonds. The van der Waals surface area contributed by atoms with Gasteiger partial charge >= 0.3 is 0 Å². The summed E-state index contributed by atoms with van der Waals surface area (Å²) >= 11 is 0. The van der Waals surface area contributed by atoms with Crippen molar-refractivity contribution in [3.05, 3.63) is 175 Å². The Morgan fingerprint density at radius 1 is 0.388 bits per heavy atom. The van der Waals surface area contributed by atoms with E-state index in [9.17, 15) is 0 Å². The molecule has 1 aromatic heterocycles. The first-order chi connectivity index (χ1) is 24.3. The van der Waals surface area contributed by atoms with Crippen molar-refractivity contribution in [2.75, 3.05) is 0 Å². The molecule has 0 saturated heterocycles. The summed E-state index contributed by atoms with van der Waals surface area (Å²) in [6, 6.07) is 62.9. The summed E-state index contributed by atoms with van der Waals surface area (Å²) in [7, 11) is 0. The highest BCUT2D eigenvalue weighted by molar-refractivity contribution is 6.24. The van der Waals surface area contributed by atoms with Crippen molar-refractivity contribution in [1.29, 1.82) is 0 Å². The summed E-state index contributed by atoms with van der Waals surface area (Å²) in [5, 5.41) is 12.9. The molecule has 10 aromatic rings. The summed E-state index contributed by atoms with van der Waals surface area (Å²) in [6.07, 6.45) is 1.01. The van der Waals surface area contributed by atoms with Crippen LogP contribution in [0.4, 0.5) is 0 Å². The van der Waals surface area contributed by atoms with Gasteiger partial charge in [0, 0.05) is 16.5 Å². The van der Waals surface area contributed by atoms with Gasteiger partial charge in [0.05, 0.1) is 11.0 Å². The van der Waals surface area contributed by atoms with Crippen molar-refractivity contribution in [3.63, 3.8) is 0 Å². The largest absolute Gasteiger partial charge is 0.309 e. The minimum absolute atomic E-state index is 1.01. The van der Waals surface area contributed by atoms with E-state index < -0.39 is 0 Å². The highest BCUT2D eigenvalue weighted by Gasteiger charge is 2.18. The fourth-order valence-corrected chi connectivity index (χ4v) is 8.21. The molecule has 1 heterocycles. The quantitative estimate of drug-likeness (QED) is 0.172. The molecule has 0 unspecified atom stereocenters. The predicted molar refractivity (Wildman–Crippen MR) is 211 cm³/mol. The Hall–Kier alpha value is -6.18. The van der Waals surface area contributed by atoms with E-state index in [4.69, 9.17) is 0 Å². The van der Waals surface area contributed by atoms with E-state index in [-0.39, 0.29) is 0 Å². The Morgan fingerprint density at radius 3 is 1.57 bits per heavy atom. The van der Waals surface area contributed by atoms with Gasteiger partial charge in [-0.1, -0.05) is 134 Å². The zero-order valence-corrected chi connectivity index (χ0v) is 27.3. The summed E-state index contributed by atoms with van der Waals surface area (Å²) in [4.78, 5) is 0. The highest BCUT2D eigenvalue weighted by atomic mass is 15.0. The molecule has 49 heavy (non-hydrogen) atoms. The maximum Gasteiger partial charge on any atom is 0.0547 e. The number of aromatic nitrogens is 1. The Kier molecular flexibility index (Phi) is 6.22. The van der Waals surface area contributed by atoms with Crippen molar-refractivity contribution in [2.24, 2.45) is 0 Å². The van der Waals surface area contributed by atoms with Crippen LogP contribution in [0.15, 0.2) is 170 Å². The Labute approximate surface area is 285 Å². The van der Waals surface area contributed by atoms with Crippen LogP contribution in [-0.4, -0.2) is 4.57 Å². The van der Waals surface area contributed by atoms with E-state index in [0.29, 0.717) is 0 Å².